The lowest BCUT2D eigenvalue weighted by Gasteiger charge is -2.10. The van der Waals surface area contributed by atoms with Gasteiger partial charge in [-0.05, 0) is 6.92 Å². The highest BCUT2D eigenvalue weighted by atomic mass is 16.5. The first kappa shape index (κ1) is 14.7. The molecule has 0 unspecified atom stereocenters. The SMILES string of the molecule is COCCn1c(C)cnc1CCNC(=O)COC. The fraction of sp³-hybridized carbons (Fsp3) is 0.667. The zero-order valence-electron chi connectivity index (χ0n) is 11.2. The van der Waals surface area contributed by atoms with Crippen molar-refractivity contribution >= 4 is 5.91 Å². The molecule has 0 spiro atoms. The molecule has 1 aromatic heterocycles. The highest BCUT2D eigenvalue weighted by Crippen LogP contribution is 2.04. The molecule has 102 valence electrons. The van der Waals surface area contributed by atoms with Crippen molar-refractivity contribution < 1.29 is 14.3 Å². The number of ether oxygens (including phenoxy) is 2. The van der Waals surface area contributed by atoms with Gasteiger partial charge in [-0.3, -0.25) is 4.79 Å². The quantitative estimate of drug-likeness (QED) is 0.718. The van der Waals surface area contributed by atoms with Crippen LogP contribution in [0.4, 0.5) is 0 Å². The summed E-state index contributed by atoms with van der Waals surface area (Å²) in [6, 6.07) is 0. The highest BCUT2D eigenvalue weighted by Gasteiger charge is 2.07. The monoisotopic (exact) mass is 255 g/mol. The third kappa shape index (κ3) is 4.46. The number of hydrogen-bond acceptors (Lipinski definition) is 4. The fourth-order valence-corrected chi connectivity index (χ4v) is 1.69. The van der Waals surface area contributed by atoms with Crippen molar-refractivity contribution in [2.24, 2.45) is 0 Å². The molecular formula is C12H21N3O3. The molecular weight excluding hydrogens is 234 g/mol. The van der Waals surface area contributed by atoms with Crippen LogP contribution in [-0.2, 0) is 27.2 Å². The van der Waals surface area contributed by atoms with Gasteiger partial charge in [-0.25, -0.2) is 4.98 Å². The molecule has 1 rings (SSSR count). The van der Waals surface area contributed by atoms with E-state index >= 15 is 0 Å². The topological polar surface area (TPSA) is 65.4 Å². The van der Waals surface area contributed by atoms with Gasteiger partial charge in [0, 0.05) is 45.6 Å². The maximum Gasteiger partial charge on any atom is 0.245 e. The summed E-state index contributed by atoms with van der Waals surface area (Å²) in [7, 11) is 3.18. The molecule has 6 heteroatoms. The minimum absolute atomic E-state index is 0.0944. The lowest BCUT2D eigenvalue weighted by Crippen LogP contribution is -2.29. The maximum absolute atomic E-state index is 11.2. The van der Waals surface area contributed by atoms with E-state index in [1.54, 1.807) is 7.11 Å². The van der Waals surface area contributed by atoms with Gasteiger partial charge in [-0.2, -0.15) is 0 Å². The summed E-state index contributed by atoms with van der Waals surface area (Å²) >= 11 is 0. The predicted octanol–water partition coefficient (Wildman–Crippen LogP) is 0.143. The van der Waals surface area contributed by atoms with Gasteiger partial charge >= 0.3 is 0 Å². The number of aromatic nitrogens is 2. The Bertz CT molecular complexity index is 377. The van der Waals surface area contributed by atoms with Crippen molar-refractivity contribution in [3.05, 3.63) is 17.7 Å². The van der Waals surface area contributed by atoms with E-state index in [2.05, 4.69) is 14.9 Å². The number of carbonyl (C=O) groups is 1. The zero-order chi connectivity index (χ0) is 13.4. The van der Waals surface area contributed by atoms with Gasteiger partial charge in [0.2, 0.25) is 5.91 Å². The van der Waals surface area contributed by atoms with Crippen molar-refractivity contribution in [3.8, 4) is 0 Å². The molecule has 0 aliphatic carbocycles. The Hall–Kier alpha value is -1.40. The van der Waals surface area contributed by atoms with Crippen LogP contribution < -0.4 is 5.32 Å². The molecule has 0 fully saturated rings. The van der Waals surface area contributed by atoms with E-state index < -0.39 is 0 Å². The maximum atomic E-state index is 11.2. The second-order valence-corrected chi connectivity index (χ2v) is 3.99. The second-order valence-electron chi connectivity index (χ2n) is 3.99. The van der Waals surface area contributed by atoms with Crippen LogP contribution in [-0.4, -0.2) is 49.4 Å². The molecule has 0 atom stereocenters. The Morgan fingerprint density at radius 3 is 2.89 bits per heavy atom. The van der Waals surface area contributed by atoms with Crippen molar-refractivity contribution in [2.75, 3.05) is 34.0 Å². The van der Waals surface area contributed by atoms with Crippen LogP contribution in [0.15, 0.2) is 6.20 Å². The molecule has 1 N–H and O–H groups in total. The van der Waals surface area contributed by atoms with Crippen LogP contribution >= 0.6 is 0 Å². The molecule has 0 radical (unpaired) electrons. The van der Waals surface area contributed by atoms with Gasteiger partial charge in [0.25, 0.3) is 0 Å². The van der Waals surface area contributed by atoms with Crippen molar-refractivity contribution in [3.63, 3.8) is 0 Å². The summed E-state index contributed by atoms with van der Waals surface area (Å²) < 4.78 is 11.9. The van der Waals surface area contributed by atoms with Crippen LogP contribution in [0, 0.1) is 6.92 Å². The molecule has 6 nitrogen and oxygen atoms in total. The summed E-state index contributed by atoms with van der Waals surface area (Å²) in [4.78, 5) is 15.5. The average Bonchev–Trinajstić information content (AvgIpc) is 2.68. The number of rotatable bonds is 8. The molecule has 0 bridgehead atoms. The van der Waals surface area contributed by atoms with Crippen LogP contribution in [0.25, 0.3) is 0 Å². The first-order chi connectivity index (χ1) is 8.69. The Balaban J connectivity index is 2.44. The number of methoxy groups -OCH3 is 2. The Morgan fingerprint density at radius 2 is 2.22 bits per heavy atom. The minimum Gasteiger partial charge on any atom is -0.383 e. The first-order valence-corrected chi connectivity index (χ1v) is 5.94. The molecule has 18 heavy (non-hydrogen) atoms. The zero-order valence-corrected chi connectivity index (χ0v) is 11.2. The Kier molecular flexibility index (Phi) is 6.38. The largest absolute Gasteiger partial charge is 0.383 e. The fourth-order valence-electron chi connectivity index (χ4n) is 1.69. The number of nitrogens with one attached hydrogen (secondary N) is 1. The standard InChI is InChI=1S/C12H21N3O3/c1-10-8-14-11(15(10)6-7-17-2)4-5-13-12(16)9-18-3/h8H,4-7,9H2,1-3H3,(H,13,16). The van der Waals surface area contributed by atoms with E-state index in [0.29, 0.717) is 19.6 Å². The van der Waals surface area contributed by atoms with E-state index in [9.17, 15) is 4.79 Å². The molecule has 0 saturated heterocycles. The van der Waals surface area contributed by atoms with Gasteiger partial charge in [0.05, 0.1) is 6.61 Å². The number of imidazole rings is 1. The molecule has 0 aliphatic heterocycles. The lowest BCUT2D eigenvalue weighted by molar-refractivity contribution is -0.124. The summed E-state index contributed by atoms with van der Waals surface area (Å²) in [5.74, 6) is 0.853. The number of aryl methyl sites for hydroxylation is 1. The first-order valence-electron chi connectivity index (χ1n) is 5.94. The van der Waals surface area contributed by atoms with Crippen molar-refractivity contribution in [1.29, 1.82) is 0 Å². The van der Waals surface area contributed by atoms with Crippen LogP contribution in [0.5, 0.6) is 0 Å². The normalized spacial score (nSPS) is 10.6. The molecule has 1 heterocycles. The summed E-state index contributed by atoms with van der Waals surface area (Å²) in [5, 5.41) is 2.78. The highest BCUT2D eigenvalue weighted by molar-refractivity contribution is 5.77. The van der Waals surface area contributed by atoms with Crippen LogP contribution in [0.1, 0.15) is 11.5 Å². The Morgan fingerprint density at radius 1 is 1.44 bits per heavy atom. The third-order valence-electron chi connectivity index (χ3n) is 2.60. The minimum atomic E-state index is -0.107. The smallest absolute Gasteiger partial charge is 0.245 e. The number of nitrogens with zero attached hydrogens (tertiary/aromatic N) is 2. The summed E-state index contributed by atoms with van der Waals surface area (Å²) in [6.07, 6.45) is 2.54. The molecule has 0 aromatic carbocycles. The predicted molar refractivity (Wildman–Crippen MR) is 67.4 cm³/mol. The number of carbonyl (C=O) groups excluding carboxylic acids is 1. The van der Waals surface area contributed by atoms with Crippen LogP contribution in [0.2, 0.25) is 0 Å². The van der Waals surface area contributed by atoms with E-state index in [1.807, 2.05) is 13.1 Å². The van der Waals surface area contributed by atoms with E-state index in [4.69, 9.17) is 9.47 Å². The van der Waals surface area contributed by atoms with Gasteiger partial charge in [0.15, 0.2) is 0 Å². The molecule has 0 saturated carbocycles. The van der Waals surface area contributed by atoms with Crippen molar-refractivity contribution in [1.82, 2.24) is 14.9 Å². The van der Waals surface area contributed by atoms with Gasteiger partial charge < -0.3 is 19.4 Å². The second kappa shape index (κ2) is 7.84. The van der Waals surface area contributed by atoms with E-state index in [-0.39, 0.29) is 12.5 Å². The Labute approximate surface area is 107 Å². The lowest BCUT2D eigenvalue weighted by atomic mass is 10.3. The average molecular weight is 255 g/mol. The summed E-state index contributed by atoms with van der Waals surface area (Å²) in [6.45, 7) is 4.10. The van der Waals surface area contributed by atoms with Crippen molar-refractivity contribution in [2.45, 2.75) is 19.9 Å². The third-order valence-corrected chi connectivity index (χ3v) is 2.60. The van der Waals surface area contributed by atoms with Crippen LogP contribution in [0.3, 0.4) is 0 Å². The van der Waals surface area contributed by atoms with E-state index in [1.165, 1.54) is 7.11 Å². The number of hydrogen-bond donors (Lipinski definition) is 1. The van der Waals surface area contributed by atoms with Gasteiger partial charge in [-0.15, -0.1) is 0 Å². The summed E-state index contributed by atoms with van der Waals surface area (Å²) in [5.41, 5.74) is 1.10. The number of amides is 1. The molecule has 0 aliphatic rings. The van der Waals surface area contributed by atoms with E-state index in [0.717, 1.165) is 18.1 Å². The van der Waals surface area contributed by atoms with Gasteiger partial charge in [-0.1, -0.05) is 0 Å². The molecule has 1 amide bonds. The molecule has 1 aromatic rings. The van der Waals surface area contributed by atoms with Gasteiger partial charge in [0.1, 0.15) is 12.4 Å².